The van der Waals surface area contributed by atoms with Gasteiger partial charge in [0.15, 0.2) is 12.1 Å². The Morgan fingerprint density at radius 3 is 2.05 bits per heavy atom. The van der Waals surface area contributed by atoms with Gasteiger partial charge in [-0.25, -0.2) is 4.79 Å². The van der Waals surface area contributed by atoms with Crippen molar-refractivity contribution in [1.29, 1.82) is 0 Å². The summed E-state index contributed by atoms with van der Waals surface area (Å²) in [5.41, 5.74) is 0.659. The zero-order valence-corrected chi connectivity index (χ0v) is 12.3. The number of esters is 1. The van der Waals surface area contributed by atoms with Gasteiger partial charge in [0.2, 0.25) is 0 Å². The second-order valence-electron chi connectivity index (χ2n) is 4.77. The predicted octanol–water partition coefficient (Wildman–Crippen LogP) is 1.15. The van der Waals surface area contributed by atoms with Crippen molar-refractivity contribution in [2.75, 3.05) is 6.61 Å². The average molecular weight is 296 g/mol. The van der Waals surface area contributed by atoms with E-state index in [9.17, 15) is 9.59 Å². The lowest BCUT2D eigenvalue weighted by Gasteiger charge is -2.14. The van der Waals surface area contributed by atoms with E-state index in [4.69, 9.17) is 19.7 Å². The SMILES string of the molecule is CC(O)COC(=O)c1ccc(C(=O)C(C)OC(C)O)cc1. The number of carbonyl (C=O) groups excluding carboxylic acids is 2. The van der Waals surface area contributed by atoms with E-state index in [0.717, 1.165) is 0 Å². The van der Waals surface area contributed by atoms with Crippen LogP contribution in [0.15, 0.2) is 24.3 Å². The van der Waals surface area contributed by atoms with Gasteiger partial charge in [-0.3, -0.25) is 4.79 Å². The van der Waals surface area contributed by atoms with Crippen LogP contribution in [-0.2, 0) is 9.47 Å². The molecule has 0 aliphatic heterocycles. The molecule has 0 saturated carbocycles. The number of aliphatic hydroxyl groups excluding tert-OH is 2. The highest BCUT2D eigenvalue weighted by Crippen LogP contribution is 2.11. The highest BCUT2D eigenvalue weighted by Gasteiger charge is 2.18. The number of aliphatic hydroxyl groups is 2. The Kier molecular flexibility index (Phi) is 6.48. The third kappa shape index (κ3) is 5.63. The number of hydrogen-bond donors (Lipinski definition) is 2. The molecule has 116 valence electrons. The second-order valence-corrected chi connectivity index (χ2v) is 4.77. The van der Waals surface area contributed by atoms with E-state index in [1.54, 1.807) is 6.92 Å². The molecule has 0 bridgehead atoms. The maximum Gasteiger partial charge on any atom is 0.338 e. The molecule has 0 heterocycles. The first-order valence-corrected chi connectivity index (χ1v) is 6.64. The van der Waals surface area contributed by atoms with Gasteiger partial charge in [-0.05, 0) is 32.9 Å². The van der Waals surface area contributed by atoms with Crippen LogP contribution in [0.2, 0.25) is 0 Å². The van der Waals surface area contributed by atoms with Gasteiger partial charge in [0.1, 0.15) is 12.7 Å². The first kappa shape index (κ1) is 17.3. The van der Waals surface area contributed by atoms with Gasteiger partial charge in [-0.1, -0.05) is 12.1 Å². The van der Waals surface area contributed by atoms with Crippen LogP contribution >= 0.6 is 0 Å². The highest BCUT2D eigenvalue weighted by atomic mass is 16.6. The number of ether oxygens (including phenoxy) is 2. The molecule has 0 saturated heterocycles. The maximum atomic E-state index is 12.0. The van der Waals surface area contributed by atoms with E-state index in [0.29, 0.717) is 5.56 Å². The molecule has 0 aromatic heterocycles. The van der Waals surface area contributed by atoms with Gasteiger partial charge in [0, 0.05) is 5.56 Å². The van der Waals surface area contributed by atoms with Crippen LogP contribution in [0.4, 0.5) is 0 Å². The Hall–Kier alpha value is -1.76. The van der Waals surface area contributed by atoms with Crippen molar-refractivity contribution in [2.24, 2.45) is 0 Å². The fourth-order valence-corrected chi connectivity index (χ4v) is 1.64. The van der Waals surface area contributed by atoms with Gasteiger partial charge < -0.3 is 19.7 Å². The molecule has 1 rings (SSSR count). The minimum atomic E-state index is -1.03. The molecular weight excluding hydrogens is 276 g/mol. The van der Waals surface area contributed by atoms with Crippen LogP contribution in [0, 0.1) is 0 Å². The van der Waals surface area contributed by atoms with Crippen molar-refractivity contribution in [3.8, 4) is 0 Å². The van der Waals surface area contributed by atoms with Crippen molar-refractivity contribution in [2.45, 2.75) is 39.3 Å². The number of carbonyl (C=O) groups is 2. The molecule has 0 fully saturated rings. The third-order valence-electron chi connectivity index (χ3n) is 2.63. The summed E-state index contributed by atoms with van der Waals surface area (Å²) in [5.74, 6) is -0.858. The van der Waals surface area contributed by atoms with E-state index >= 15 is 0 Å². The second kappa shape index (κ2) is 7.87. The standard InChI is InChI=1S/C15H20O6/c1-9(16)8-20-15(19)13-6-4-12(5-7-13)14(18)10(2)21-11(3)17/h4-7,9-11,16-17H,8H2,1-3H3. The van der Waals surface area contributed by atoms with Crippen molar-refractivity contribution >= 4 is 11.8 Å². The first-order chi connectivity index (χ1) is 9.81. The quantitative estimate of drug-likeness (QED) is 0.445. The van der Waals surface area contributed by atoms with E-state index < -0.39 is 24.5 Å². The Morgan fingerprint density at radius 2 is 1.57 bits per heavy atom. The summed E-state index contributed by atoms with van der Waals surface area (Å²) in [6.45, 7) is 4.39. The van der Waals surface area contributed by atoms with E-state index in [2.05, 4.69) is 0 Å². The predicted molar refractivity (Wildman–Crippen MR) is 75.0 cm³/mol. The minimum absolute atomic E-state index is 0.0845. The molecule has 0 amide bonds. The zero-order chi connectivity index (χ0) is 16.0. The van der Waals surface area contributed by atoms with Crippen LogP contribution in [0.25, 0.3) is 0 Å². The summed E-state index contributed by atoms with van der Waals surface area (Å²) in [7, 11) is 0. The lowest BCUT2D eigenvalue weighted by atomic mass is 10.1. The maximum absolute atomic E-state index is 12.0. The first-order valence-electron chi connectivity index (χ1n) is 6.64. The topological polar surface area (TPSA) is 93.1 Å². The molecule has 3 unspecified atom stereocenters. The lowest BCUT2D eigenvalue weighted by molar-refractivity contribution is -0.105. The molecule has 0 radical (unpaired) electrons. The van der Waals surface area contributed by atoms with Gasteiger partial charge >= 0.3 is 5.97 Å². The molecule has 0 aliphatic rings. The van der Waals surface area contributed by atoms with Gasteiger partial charge in [0.25, 0.3) is 0 Å². The van der Waals surface area contributed by atoms with Gasteiger partial charge in [-0.15, -0.1) is 0 Å². The molecule has 6 heteroatoms. The average Bonchev–Trinajstić information content (AvgIpc) is 2.43. The van der Waals surface area contributed by atoms with Crippen molar-refractivity contribution < 1.29 is 29.3 Å². The lowest BCUT2D eigenvalue weighted by Crippen LogP contribution is -2.25. The third-order valence-corrected chi connectivity index (χ3v) is 2.63. The Morgan fingerprint density at radius 1 is 1.05 bits per heavy atom. The number of ketones is 1. The minimum Gasteiger partial charge on any atom is -0.459 e. The molecule has 1 aromatic carbocycles. The normalized spacial score (nSPS) is 15.1. The molecule has 6 nitrogen and oxygen atoms in total. The van der Waals surface area contributed by atoms with Crippen LogP contribution < -0.4 is 0 Å². The van der Waals surface area contributed by atoms with E-state index in [-0.39, 0.29) is 18.0 Å². The molecule has 21 heavy (non-hydrogen) atoms. The zero-order valence-electron chi connectivity index (χ0n) is 12.3. The van der Waals surface area contributed by atoms with E-state index in [1.165, 1.54) is 38.1 Å². The molecule has 2 N–H and O–H groups in total. The monoisotopic (exact) mass is 296 g/mol. The van der Waals surface area contributed by atoms with Gasteiger partial charge in [0.05, 0.1) is 11.7 Å². The van der Waals surface area contributed by atoms with E-state index in [1.807, 2.05) is 0 Å². The largest absolute Gasteiger partial charge is 0.459 e. The van der Waals surface area contributed by atoms with Crippen LogP contribution in [0.1, 0.15) is 41.5 Å². The molecule has 3 atom stereocenters. The Balaban J connectivity index is 2.69. The van der Waals surface area contributed by atoms with Crippen LogP contribution in [0.3, 0.4) is 0 Å². The summed E-state index contributed by atoms with van der Waals surface area (Å²) in [5, 5.41) is 18.1. The number of hydrogen-bond acceptors (Lipinski definition) is 6. The Bertz CT molecular complexity index is 477. The van der Waals surface area contributed by atoms with Crippen LogP contribution in [0.5, 0.6) is 0 Å². The summed E-state index contributed by atoms with van der Waals surface area (Å²) in [6, 6.07) is 5.91. The van der Waals surface area contributed by atoms with Crippen molar-refractivity contribution in [1.82, 2.24) is 0 Å². The smallest absolute Gasteiger partial charge is 0.338 e. The molecule has 1 aromatic rings. The highest BCUT2D eigenvalue weighted by molar-refractivity contribution is 6.00. The summed E-state index contributed by atoms with van der Waals surface area (Å²) in [4.78, 5) is 23.6. The Labute approximate surface area is 123 Å². The van der Waals surface area contributed by atoms with Gasteiger partial charge in [-0.2, -0.15) is 0 Å². The fraction of sp³-hybridized carbons (Fsp3) is 0.467. The number of rotatable bonds is 7. The number of Topliss-reactive ketones (excluding diaryl/α,β-unsaturated/α-hetero) is 1. The summed E-state index contributed by atoms with van der Waals surface area (Å²) in [6.07, 6.45) is -2.54. The van der Waals surface area contributed by atoms with Crippen molar-refractivity contribution in [3.63, 3.8) is 0 Å². The molecule has 0 aliphatic carbocycles. The fourth-order valence-electron chi connectivity index (χ4n) is 1.64. The molecule has 0 spiro atoms. The molecular formula is C15H20O6. The summed E-state index contributed by atoms with van der Waals surface area (Å²) >= 11 is 0. The van der Waals surface area contributed by atoms with Crippen LogP contribution in [-0.4, -0.2) is 47.1 Å². The summed E-state index contributed by atoms with van der Waals surface area (Å²) < 4.78 is 9.85. The number of benzene rings is 1. The van der Waals surface area contributed by atoms with Crippen molar-refractivity contribution in [3.05, 3.63) is 35.4 Å².